The van der Waals surface area contributed by atoms with E-state index in [-0.39, 0.29) is 11.5 Å². The molecule has 0 unspecified atom stereocenters. The molecule has 1 aliphatic rings. The van der Waals surface area contributed by atoms with E-state index >= 15 is 0 Å². The van der Waals surface area contributed by atoms with E-state index in [9.17, 15) is 9.59 Å². The Hall–Kier alpha value is -2.84. The first kappa shape index (κ1) is 19.9. The summed E-state index contributed by atoms with van der Waals surface area (Å²) in [6.45, 7) is 2.38. The molecule has 1 N–H and O–H groups in total. The number of rotatable bonds is 6. The number of anilines is 1. The largest absolute Gasteiger partial charge is 0.492 e. The van der Waals surface area contributed by atoms with Crippen molar-refractivity contribution in [3.63, 3.8) is 0 Å². The second kappa shape index (κ2) is 8.45. The van der Waals surface area contributed by atoms with E-state index in [4.69, 9.17) is 26.8 Å². The minimum absolute atomic E-state index is 0.141. The number of carboxylic acids is 1. The molecule has 1 heterocycles. The second-order valence-corrected chi connectivity index (χ2v) is 7.36. The molecule has 1 amide bonds. The predicted octanol–water partition coefficient (Wildman–Crippen LogP) is 4.20. The molecule has 144 valence electrons. The molecule has 8 heteroatoms. The van der Waals surface area contributed by atoms with Crippen LogP contribution < -0.4 is 14.4 Å². The maximum absolute atomic E-state index is 12.9. The highest BCUT2D eigenvalue weighted by Crippen LogP contribution is 2.39. The molecule has 0 bridgehead atoms. The van der Waals surface area contributed by atoms with E-state index in [0.29, 0.717) is 38.6 Å². The number of carbonyl (C=O) groups excluding carboxylic acids is 1. The van der Waals surface area contributed by atoms with E-state index in [1.165, 1.54) is 28.8 Å². The Morgan fingerprint density at radius 3 is 2.57 bits per heavy atom. The van der Waals surface area contributed by atoms with Gasteiger partial charge in [0.2, 0.25) is 0 Å². The van der Waals surface area contributed by atoms with Gasteiger partial charge in [-0.3, -0.25) is 9.69 Å². The first-order valence-electron chi connectivity index (χ1n) is 8.37. The maximum atomic E-state index is 12.9. The third-order valence-corrected chi connectivity index (χ3v) is 5.27. The zero-order chi connectivity index (χ0) is 20.3. The van der Waals surface area contributed by atoms with E-state index in [1.54, 1.807) is 31.4 Å². The van der Waals surface area contributed by atoms with E-state index in [1.807, 2.05) is 19.1 Å². The molecule has 0 radical (unpaired) electrons. The average Bonchev–Trinajstić information content (AvgIpc) is 2.95. The van der Waals surface area contributed by atoms with Gasteiger partial charge in [0.15, 0.2) is 15.8 Å². The highest BCUT2D eigenvalue weighted by Gasteiger charge is 2.33. The summed E-state index contributed by atoms with van der Waals surface area (Å²) in [5.41, 5.74) is 1.36. The summed E-state index contributed by atoms with van der Waals surface area (Å²) in [4.78, 5) is 25.7. The Kier molecular flexibility index (Phi) is 6.01. The van der Waals surface area contributed by atoms with Crippen molar-refractivity contribution in [3.8, 4) is 11.5 Å². The molecule has 0 atom stereocenters. The third kappa shape index (κ3) is 3.88. The molecule has 0 saturated carbocycles. The van der Waals surface area contributed by atoms with Gasteiger partial charge in [0, 0.05) is 5.56 Å². The number of carboxylic acid groups (broad SMARTS) is 1. The summed E-state index contributed by atoms with van der Waals surface area (Å²) >= 11 is 6.54. The zero-order valence-corrected chi connectivity index (χ0v) is 16.8. The van der Waals surface area contributed by atoms with Gasteiger partial charge in [-0.05, 0) is 43.3 Å². The van der Waals surface area contributed by atoms with Crippen molar-refractivity contribution in [2.24, 2.45) is 0 Å². The molecule has 2 aromatic carbocycles. The van der Waals surface area contributed by atoms with Gasteiger partial charge in [-0.15, -0.1) is 0 Å². The van der Waals surface area contributed by atoms with Crippen LogP contribution in [-0.4, -0.2) is 35.0 Å². The lowest BCUT2D eigenvalue weighted by atomic mass is 10.1. The van der Waals surface area contributed by atoms with Crippen LogP contribution in [0.3, 0.4) is 0 Å². The second-order valence-electron chi connectivity index (χ2n) is 5.68. The van der Waals surface area contributed by atoms with Gasteiger partial charge in [-0.1, -0.05) is 36.1 Å². The number of thioether (sulfide) groups is 1. The van der Waals surface area contributed by atoms with Crippen LogP contribution in [0.5, 0.6) is 11.5 Å². The van der Waals surface area contributed by atoms with Crippen molar-refractivity contribution >= 4 is 51.9 Å². The summed E-state index contributed by atoms with van der Waals surface area (Å²) < 4.78 is 11.4. The summed E-state index contributed by atoms with van der Waals surface area (Å²) in [6.07, 6.45) is 1.71. The van der Waals surface area contributed by atoms with Crippen LogP contribution in [0, 0.1) is 0 Å². The molecular weight excluding hydrogens is 398 g/mol. The van der Waals surface area contributed by atoms with Crippen molar-refractivity contribution in [1.82, 2.24) is 0 Å². The van der Waals surface area contributed by atoms with Gasteiger partial charge >= 0.3 is 5.97 Å². The van der Waals surface area contributed by atoms with Gasteiger partial charge in [0.25, 0.3) is 5.91 Å². The molecule has 3 rings (SSSR count). The first-order valence-corrected chi connectivity index (χ1v) is 9.59. The van der Waals surface area contributed by atoms with Crippen molar-refractivity contribution < 1.29 is 24.2 Å². The Labute approximate surface area is 171 Å². The van der Waals surface area contributed by atoms with Gasteiger partial charge in [-0.2, -0.15) is 0 Å². The Bertz CT molecular complexity index is 969. The molecule has 0 aromatic heterocycles. The zero-order valence-electron chi connectivity index (χ0n) is 15.2. The van der Waals surface area contributed by atoms with Gasteiger partial charge in [-0.25, -0.2) is 4.79 Å². The minimum Gasteiger partial charge on any atom is -0.492 e. The fourth-order valence-corrected chi connectivity index (χ4v) is 4.01. The van der Waals surface area contributed by atoms with Gasteiger partial charge < -0.3 is 14.6 Å². The Morgan fingerprint density at radius 2 is 1.96 bits per heavy atom. The quantitative estimate of drug-likeness (QED) is 0.560. The highest BCUT2D eigenvalue weighted by molar-refractivity contribution is 8.27. The normalized spacial score (nSPS) is 15.2. The molecule has 0 spiro atoms. The number of methoxy groups -OCH3 is 1. The standard InChI is InChI=1S/C20H17NO5S2/c1-3-26-15-6-4-5-13(17(15)25-2)11-16-18(22)21(20(27)28-16)14-9-7-12(8-10-14)19(23)24/h4-11H,3H2,1-2H3,(H,23,24)/b16-11+. The van der Waals surface area contributed by atoms with Crippen LogP contribution in [0.25, 0.3) is 6.08 Å². The van der Waals surface area contributed by atoms with Crippen molar-refractivity contribution in [1.29, 1.82) is 0 Å². The Morgan fingerprint density at radius 1 is 1.25 bits per heavy atom. The summed E-state index contributed by atoms with van der Waals surface area (Å²) in [7, 11) is 1.55. The highest BCUT2D eigenvalue weighted by atomic mass is 32.2. The van der Waals surface area contributed by atoms with Crippen LogP contribution in [0.4, 0.5) is 5.69 Å². The number of para-hydroxylation sites is 1. The van der Waals surface area contributed by atoms with Crippen molar-refractivity contribution in [2.45, 2.75) is 6.92 Å². The van der Waals surface area contributed by atoms with Crippen LogP contribution >= 0.6 is 24.0 Å². The summed E-state index contributed by atoms with van der Waals surface area (Å²) in [5, 5.41) is 9.02. The lowest BCUT2D eigenvalue weighted by molar-refractivity contribution is -0.113. The first-order chi connectivity index (χ1) is 13.5. The molecule has 6 nitrogen and oxygen atoms in total. The lowest BCUT2D eigenvalue weighted by Crippen LogP contribution is -2.27. The van der Waals surface area contributed by atoms with Crippen LogP contribution in [0.2, 0.25) is 0 Å². The van der Waals surface area contributed by atoms with Crippen LogP contribution in [0.15, 0.2) is 47.4 Å². The number of thiocarbonyl (C=S) groups is 1. The minimum atomic E-state index is -1.03. The van der Waals surface area contributed by atoms with Crippen molar-refractivity contribution in [2.75, 3.05) is 18.6 Å². The van der Waals surface area contributed by atoms with Gasteiger partial charge in [0.1, 0.15) is 0 Å². The van der Waals surface area contributed by atoms with Crippen LogP contribution in [0.1, 0.15) is 22.8 Å². The molecular formula is C20H17NO5S2. The average molecular weight is 415 g/mol. The van der Waals surface area contributed by atoms with Crippen molar-refractivity contribution in [3.05, 3.63) is 58.5 Å². The van der Waals surface area contributed by atoms with E-state index in [2.05, 4.69) is 0 Å². The fraction of sp³-hybridized carbons (Fsp3) is 0.150. The molecule has 28 heavy (non-hydrogen) atoms. The molecule has 1 saturated heterocycles. The molecule has 0 aliphatic carbocycles. The summed E-state index contributed by atoms with van der Waals surface area (Å²) in [5.74, 6) is -0.168. The SMILES string of the molecule is CCOc1cccc(/C=C2/SC(=S)N(c3ccc(C(=O)O)cc3)C2=O)c1OC. The predicted molar refractivity (Wildman–Crippen MR) is 113 cm³/mol. The lowest BCUT2D eigenvalue weighted by Gasteiger charge is -2.14. The number of hydrogen-bond acceptors (Lipinski definition) is 6. The Balaban J connectivity index is 1.93. The number of carbonyl (C=O) groups is 2. The van der Waals surface area contributed by atoms with E-state index < -0.39 is 5.97 Å². The smallest absolute Gasteiger partial charge is 0.335 e. The van der Waals surface area contributed by atoms with Crippen LogP contribution in [-0.2, 0) is 4.79 Å². The number of aromatic carboxylic acids is 1. The van der Waals surface area contributed by atoms with E-state index in [0.717, 1.165) is 0 Å². The number of benzene rings is 2. The number of hydrogen-bond donors (Lipinski definition) is 1. The monoisotopic (exact) mass is 415 g/mol. The van der Waals surface area contributed by atoms with Gasteiger partial charge in [0.05, 0.1) is 29.9 Å². The molecule has 1 aliphatic heterocycles. The number of ether oxygens (including phenoxy) is 2. The number of amides is 1. The molecule has 2 aromatic rings. The third-order valence-electron chi connectivity index (χ3n) is 3.97. The number of nitrogens with zero attached hydrogens (tertiary/aromatic N) is 1. The maximum Gasteiger partial charge on any atom is 0.335 e. The fourth-order valence-electron chi connectivity index (χ4n) is 2.72. The molecule has 1 fully saturated rings. The summed E-state index contributed by atoms with van der Waals surface area (Å²) in [6, 6.07) is 11.5. The topological polar surface area (TPSA) is 76.1 Å².